The van der Waals surface area contributed by atoms with Crippen molar-refractivity contribution in [3.8, 4) is 0 Å². The number of fused-ring (bicyclic) bond motifs is 1. The number of hydrogen-bond donors (Lipinski definition) is 9. The molecule has 1 saturated heterocycles. The van der Waals surface area contributed by atoms with Gasteiger partial charge in [0.15, 0.2) is 22.8 Å². The second-order valence-electron chi connectivity index (χ2n) is 12.8. The summed E-state index contributed by atoms with van der Waals surface area (Å²) in [5, 5.41) is 26.3. The van der Waals surface area contributed by atoms with E-state index in [0.717, 1.165) is 35.4 Å². The molecule has 57 heavy (non-hydrogen) atoms. The molecule has 320 valence electrons. The van der Waals surface area contributed by atoms with Gasteiger partial charge in [0.25, 0.3) is 0 Å². The molecule has 0 bridgehead atoms. The van der Waals surface area contributed by atoms with E-state index in [1.54, 1.807) is 12.2 Å². The topological polar surface area (TPSA) is 364 Å². The molecule has 2 aromatic heterocycles. The van der Waals surface area contributed by atoms with E-state index >= 15 is 0 Å². The van der Waals surface area contributed by atoms with Gasteiger partial charge in [0.05, 0.1) is 19.5 Å². The van der Waals surface area contributed by atoms with Gasteiger partial charge < -0.3 is 50.9 Å². The molecule has 1 fully saturated rings. The Morgan fingerprint density at radius 2 is 1.74 bits per heavy atom. The molecule has 28 heteroatoms. The number of allylic oxidation sites excluding steroid dienone is 4. The van der Waals surface area contributed by atoms with Crippen molar-refractivity contribution in [1.29, 1.82) is 0 Å². The molecule has 0 spiro atoms. The van der Waals surface area contributed by atoms with Gasteiger partial charge in [-0.3, -0.25) is 32.5 Å². The quantitative estimate of drug-likeness (QED) is 0.0418. The van der Waals surface area contributed by atoms with Gasteiger partial charge in [-0.1, -0.05) is 56.8 Å². The van der Waals surface area contributed by atoms with Crippen LogP contribution in [0.15, 0.2) is 37.0 Å². The molecule has 2 amide bonds. The molecule has 24 nitrogen and oxygen atoms in total. The normalized spacial score (nSPS) is 21.8. The number of nitrogens with zero attached hydrogens (tertiary/aromatic N) is 4. The third kappa shape index (κ3) is 15.6. The van der Waals surface area contributed by atoms with Crippen molar-refractivity contribution in [2.45, 2.75) is 70.7 Å². The maximum absolute atomic E-state index is 12.7. The number of ether oxygens (including phenoxy) is 1. The fourth-order valence-corrected chi connectivity index (χ4v) is 8.29. The maximum atomic E-state index is 12.7. The highest BCUT2D eigenvalue weighted by molar-refractivity contribution is 8.13. The van der Waals surface area contributed by atoms with Crippen molar-refractivity contribution in [1.82, 2.24) is 30.2 Å². The van der Waals surface area contributed by atoms with Gasteiger partial charge in [0.1, 0.15) is 36.3 Å². The van der Waals surface area contributed by atoms with Crippen molar-refractivity contribution >= 4 is 69.1 Å². The highest BCUT2D eigenvalue weighted by Gasteiger charge is 2.50. The Hall–Kier alpha value is -2.96. The number of nitrogens with two attached hydrogens (primary N) is 1. The van der Waals surface area contributed by atoms with E-state index in [0.29, 0.717) is 5.75 Å². The van der Waals surface area contributed by atoms with E-state index in [2.05, 4.69) is 34.4 Å². The van der Waals surface area contributed by atoms with Crippen molar-refractivity contribution in [2.75, 3.05) is 37.8 Å². The summed E-state index contributed by atoms with van der Waals surface area (Å²) in [5.74, 6) is -1.12. The van der Waals surface area contributed by atoms with Crippen LogP contribution in [0, 0.1) is 5.41 Å². The van der Waals surface area contributed by atoms with Crippen LogP contribution in [0.25, 0.3) is 11.2 Å². The van der Waals surface area contributed by atoms with Crippen LogP contribution in [0.4, 0.5) is 5.82 Å². The molecular weight excluding hydrogens is 843 g/mol. The number of hydrogen-bond acceptors (Lipinski definition) is 18. The number of nitrogen functional groups attached to an aromatic ring is 1. The zero-order valence-electron chi connectivity index (χ0n) is 30.8. The second-order valence-corrected chi connectivity index (χ2v) is 18.1. The van der Waals surface area contributed by atoms with Gasteiger partial charge in [-0.2, -0.15) is 4.31 Å². The minimum atomic E-state index is -5.57. The van der Waals surface area contributed by atoms with E-state index in [1.807, 2.05) is 19.1 Å². The zero-order valence-corrected chi connectivity index (χ0v) is 34.3. The summed E-state index contributed by atoms with van der Waals surface area (Å²) in [5.41, 5.74) is 4.26. The van der Waals surface area contributed by atoms with E-state index in [1.165, 1.54) is 13.8 Å². The number of anilines is 1. The Morgan fingerprint density at radius 1 is 1.05 bits per heavy atom. The van der Waals surface area contributed by atoms with Crippen LogP contribution < -0.4 is 16.4 Å². The minimum absolute atomic E-state index is 0.0298. The Morgan fingerprint density at radius 3 is 2.42 bits per heavy atom. The standard InChI is InChI=1S/C29H46N7O17P3S/c1-4-5-6-7-8-9-20(38)57-13-12-31-19(37)10-11-32-27(41)24(40)29(2,3)15-50-56(47,48)53-55(45,46)49-14-18-23(52-54(42,43)44)22(39)28(51-18)36-17-35-21-25(30)33-16-34-26(21)36/h5-8,16-18,22-24,28,39-40H,4,9-15H2,1-3H3,(H,31,37)(H,32,41)(H,45,46)(H,47,48)(H2,30,33,34)(H2,42,43,44)/b6-5+,8-7+. The van der Waals surface area contributed by atoms with Crippen molar-refractivity contribution in [3.05, 3.63) is 37.0 Å². The number of aromatic nitrogens is 4. The number of aliphatic hydroxyl groups excluding tert-OH is 2. The molecule has 3 rings (SSSR count). The summed E-state index contributed by atoms with van der Waals surface area (Å²) in [4.78, 5) is 87.5. The monoisotopic (exact) mass is 889 g/mol. The number of imidazole rings is 1. The number of phosphoric ester groups is 3. The molecule has 0 aromatic carbocycles. The summed E-state index contributed by atoms with van der Waals surface area (Å²) in [6.07, 6.45) is 1.51. The first-order chi connectivity index (χ1) is 26.6. The Bertz CT molecular complexity index is 1910. The van der Waals surface area contributed by atoms with Crippen molar-refractivity contribution in [2.24, 2.45) is 5.41 Å². The molecule has 1 aliphatic rings. The van der Waals surface area contributed by atoms with Crippen LogP contribution in [-0.4, -0.2) is 123 Å². The van der Waals surface area contributed by atoms with Crippen LogP contribution in [0.2, 0.25) is 0 Å². The number of carbonyl (C=O) groups excluding carboxylic acids is 3. The van der Waals surface area contributed by atoms with Gasteiger partial charge in [-0.05, 0) is 6.42 Å². The van der Waals surface area contributed by atoms with E-state index < -0.39 is 84.6 Å². The van der Waals surface area contributed by atoms with Gasteiger partial charge in [-0.15, -0.1) is 0 Å². The van der Waals surface area contributed by atoms with Gasteiger partial charge in [0, 0.05) is 37.1 Å². The fourth-order valence-electron chi connectivity index (χ4n) is 4.81. The molecule has 10 N–H and O–H groups in total. The number of phosphoric acid groups is 3. The van der Waals surface area contributed by atoms with Gasteiger partial charge in [0.2, 0.25) is 11.8 Å². The van der Waals surface area contributed by atoms with Gasteiger partial charge in [-0.25, -0.2) is 28.6 Å². The third-order valence-corrected chi connectivity index (χ3v) is 11.7. The van der Waals surface area contributed by atoms with Crippen LogP contribution in [-0.2, 0) is 50.7 Å². The SMILES string of the molecule is CC/C=C/C=C/CC(=O)SCCNC(=O)CCNC(=O)C(O)C(C)(C)COP(=O)(O)OP(=O)(O)OCC1OC(n2cnc3c(N)ncnc32)C(O)C1OP(=O)(O)O. The maximum Gasteiger partial charge on any atom is 0.481 e. The highest BCUT2D eigenvalue weighted by Crippen LogP contribution is 2.61. The number of amides is 2. The average molecular weight is 890 g/mol. The first-order valence-corrected chi connectivity index (χ1v) is 22.4. The lowest BCUT2D eigenvalue weighted by atomic mass is 9.87. The Labute approximate surface area is 330 Å². The average Bonchev–Trinajstić information content (AvgIpc) is 3.68. The predicted octanol–water partition coefficient (Wildman–Crippen LogP) is 0.577. The second kappa shape index (κ2) is 21.3. The molecule has 0 radical (unpaired) electrons. The lowest BCUT2D eigenvalue weighted by Gasteiger charge is -2.30. The van der Waals surface area contributed by atoms with Crippen molar-refractivity contribution in [3.63, 3.8) is 0 Å². The molecule has 1 aliphatic heterocycles. The molecule has 0 aliphatic carbocycles. The molecule has 7 atom stereocenters. The van der Waals surface area contributed by atoms with E-state index in [9.17, 15) is 57.9 Å². The predicted molar refractivity (Wildman–Crippen MR) is 200 cm³/mol. The smallest absolute Gasteiger partial charge is 0.386 e. The van der Waals surface area contributed by atoms with E-state index in [4.69, 9.17) is 19.5 Å². The van der Waals surface area contributed by atoms with Crippen LogP contribution in [0.3, 0.4) is 0 Å². The number of aliphatic hydroxyl groups is 2. The number of thioether (sulfide) groups is 1. The minimum Gasteiger partial charge on any atom is -0.386 e. The number of rotatable bonds is 23. The summed E-state index contributed by atoms with van der Waals surface area (Å²) >= 11 is 1.06. The lowest BCUT2D eigenvalue weighted by molar-refractivity contribution is -0.137. The molecular formula is C29H46N7O17P3S. The molecule has 2 aromatic rings. The highest BCUT2D eigenvalue weighted by atomic mass is 32.2. The summed E-state index contributed by atoms with van der Waals surface area (Å²) in [6.45, 7) is 2.47. The van der Waals surface area contributed by atoms with Crippen molar-refractivity contribution < 1.29 is 80.5 Å². The molecule has 0 saturated carbocycles. The summed E-state index contributed by atoms with van der Waals surface area (Å²) in [6, 6.07) is 0. The molecule has 7 unspecified atom stereocenters. The number of carbonyl (C=O) groups is 3. The Balaban J connectivity index is 1.46. The number of nitrogens with one attached hydrogen (secondary N) is 2. The fraction of sp³-hybridized carbons (Fsp3) is 0.586. The van der Waals surface area contributed by atoms with Crippen LogP contribution in [0.5, 0.6) is 0 Å². The first-order valence-electron chi connectivity index (χ1n) is 16.9. The summed E-state index contributed by atoms with van der Waals surface area (Å²) < 4.78 is 62.1. The van der Waals surface area contributed by atoms with E-state index in [-0.39, 0.29) is 48.0 Å². The van der Waals surface area contributed by atoms with Gasteiger partial charge >= 0.3 is 23.5 Å². The first kappa shape index (κ1) is 48.4. The van der Waals surface area contributed by atoms with Crippen LogP contribution >= 0.6 is 35.2 Å². The summed E-state index contributed by atoms with van der Waals surface area (Å²) in [7, 11) is -16.4. The zero-order chi connectivity index (χ0) is 42.6. The van der Waals surface area contributed by atoms with Crippen LogP contribution in [0.1, 0.15) is 46.3 Å². The lowest BCUT2D eigenvalue weighted by Crippen LogP contribution is -2.46. The third-order valence-electron chi connectivity index (χ3n) is 7.67. The Kier molecular flexibility index (Phi) is 18.1. The molecule has 3 heterocycles. The largest absolute Gasteiger partial charge is 0.481 e.